The molecule has 4 aromatic rings. The van der Waals surface area contributed by atoms with Crippen molar-refractivity contribution in [2.24, 2.45) is 0 Å². The second-order valence-electron chi connectivity index (χ2n) is 7.22. The van der Waals surface area contributed by atoms with E-state index >= 15 is 4.39 Å². The van der Waals surface area contributed by atoms with E-state index in [1.807, 2.05) is 19.1 Å². The van der Waals surface area contributed by atoms with E-state index in [1.54, 1.807) is 36.4 Å². The van der Waals surface area contributed by atoms with Gasteiger partial charge in [0.15, 0.2) is 5.82 Å². The first kappa shape index (κ1) is 20.5. The van der Waals surface area contributed by atoms with E-state index in [0.29, 0.717) is 23.5 Å². The molecule has 7 nitrogen and oxygen atoms in total. The number of hydrogen-bond acceptors (Lipinski definition) is 5. The molecule has 2 aromatic heterocycles. The van der Waals surface area contributed by atoms with Crippen LogP contribution in [0.3, 0.4) is 0 Å². The van der Waals surface area contributed by atoms with Gasteiger partial charge < -0.3 is 9.72 Å². The van der Waals surface area contributed by atoms with Gasteiger partial charge in [-0.25, -0.2) is 4.39 Å². The van der Waals surface area contributed by atoms with Crippen molar-refractivity contribution in [3.05, 3.63) is 70.3 Å². The number of hydrogen-bond donors (Lipinski definition) is 2. The van der Waals surface area contributed by atoms with Gasteiger partial charge in [-0.05, 0) is 48.4 Å². The number of pyridine rings is 1. The van der Waals surface area contributed by atoms with E-state index in [0.717, 1.165) is 18.4 Å². The summed E-state index contributed by atoms with van der Waals surface area (Å²) in [7, 11) is 0. The lowest BCUT2D eigenvalue weighted by molar-refractivity contribution is 0.309. The second-order valence-corrected chi connectivity index (χ2v) is 7.22. The lowest BCUT2D eigenvalue weighted by Gasteiger charge is -2.13. The van der Waals surface area contributed by atoms with Crippen LogP contribution >= 0.6 is 0 Å². The molecule has 0 saturated heterocycles. The van der Waals surface area contributed by atoms with Crippen LogP contribution in [0.2, 0.25) is 0 Å². The molecule has 0 radical (unpaired) electrons. The van der Waals surface area contributed by atoms with Crippen LogP contribution in [0.5, 0.6) is 5.75 Å². The number of halogens is 1. The van der Waals surface area contributed by atoms with E-state index in [2.05, 4.69) is 32.5 Å². The molecule has 0 aliphatic carbocycles. The van der Waals surface area contributed by atoms with E-state index in [-0.39, 0.29) is 22.6 Å². The molecule has 0 amide bonds. The number of nitrogens with zero attached hydrogens (tertiary/aromatic N) is 3. The third kappa shape index (κ3) is 4.23. The highest BCUT2D eigenvalue weighted by molar-refractivity contribution is 5.83. The Morgan fingerprint density at radius 1 is 1.00 bits per heavy atom. The Hall–Kier alpha value is -3.81. The largest absolute Gasteiger partial charge is 0.494 e. The molecule has 2 heterocycles. The molecule has 4 rings (SSSR count). The van der Waals surface area contributed by atoms with Crippen molar-refractivity contribution in [1.29, 1.82) is 0 Å². The van der Waals surface area contributed by atoms with Gasteiger partial charge in [-0.2, -0.15) is 5.21 Å². The number of H-pyrrole nitrogens is 2. The van der Waals surface area contributed by atoms with Crippen LogP contribution in [0, 0.1) is 12.7 Å². The third-order valence-corrected chi connectivity index (χ3v) is 4.97. The zero-order chi connectivity index (χ0) is 21.8. The fourth-order valence-electron chi connectivity index (χ4n) is 3.30. The molecule has 2 N–H and O–H groups in total. The number of nitrogens with one attached hydrogen (secondary N) is 2. The minimum atomic E-state index is -0.567. The molecule has 0 atom stereocenters. The molecule has 31 heavy (non-hydrogen) atoms. The lowest BCUT2D eigenvalue weighted by Crippen LogP contribution is -2.15. The average Bonchev–Trinajstić information content (AvgIpc) is 3.31. The maximum atomic E-state index is 15.8. The highest BCUT2D eigenvalue weighted by Crippen LogP contribution is 2.34. The summed E-state index contributed by atoms with van der Waals surface area (Å²) < 4.78 is 21.5. The number of rotatable bonds is 7. The van der Waals surface area contributed by atoms with E-state index in [1.165, 1.54) is 0 Å². The molecule has 0 aliphatic rings. The molecule has 0 saturated carbocycles. The van der Waals surface area contributed by atoms with E-state index in [9.17, 15) is 4.79 Å². The predicted octanol–water partition coefficient (Wildman–Crippen LogP) is 4.52. The summed E-state index contributed by atoms with van der Waals surface area (Å²) >= 11 is 0. The molecule has 0 fully saturated rings. The number of tetrazole rings is 1. The van der Waals surface area contributed by atoms with Crippen LogP contribution in [-0.2, 0) is 0 Å². The SMILES string of the molecule is CCCCOc1ccc(-c2[nH]c(=O)c(-c3nn[nH]n3)c(-c3ccc(C)cc3)c2F)cc1. The predicted molar refractivity (Wildman–Crippen MR) is 116 cm³/mol. The fourth-order valence-corrected chi connectivity index (χ4v) is 3.30. The van der Waals surface area contributed by atoms with Crippen molar-refractivity contribution < 1.29 is 9.13 Å². The van der Waals surface area contributed by atoms with Crippen LogP contribution in [0.1, 0.15) is 25.3 Å². The second kappa shape index (κ2) is 8.91. The summed E-state index contributed by atoms with van der Waals surface area (Å²) in [5.74, 6) is 0.159. The number of aromatic amines is 2. The van der Waals surface area contributed by atoms with Crippen molar-refractivity contribution in [2.45, 2.75) is 26.7 Å². The molecule has 0 unspecified atom stereocenters. The highest BCUT2D eigenvalue weighted by atomic mass is 19.1. The van der Waals surface area contributed by atoms with Crippen molar-refractivity contribution >= 4 is 0 Å². The Bertz CT molecular complexity index is 1220. The van der Waals surface area contributed by atoms with Gasteiger partial charge in [0.25, 0.3) is 5.56 Å². The molecule has 158 valence electrons. The summed E-state index contributed by atoms with van der Waals surface area (Å²) in [6, 6.07) is 14.2. The normalized spacial score (nSPS) is 10.9. The lowest BCUT2D eigenvalue weighted by atomic mass is 9.96. The Labute approximate surface area is 178 Å². The minimum Gasteiger partial charge on any atom is -0.494 e. The van der Waals surface area contributed by atoms with Gasteiger partial charge in [0.2, 0.25) is 5.82 Å². The number of aryl methyl sites for hydroxylation is 1. The van der Waals surface area contributed by atoms with Gasteiger partial charge in [0, 0.05) is 11.1 Å². The van der Waals surface area contributed by atoms with Gasteiger partial charge >= 0.3 is 0 Å². The summed E-state index contributed by atoms with van der Waals surface area (Å²) in [5, 5.41) is 13.6. The van der Waals surface area contributed by atoms with Crippen LogP contribution < -0.4 is 10.3 Å². The summed E-state index contributed by atoms with van der Waals surface area (Å²) in [6.07, 6.45) is 2.00. The maximum absolute atomic E-state index is 15.8. The van der Waals surface area contributed by atoms with Crippen molar-refractivity contribution in [1.82, 2.24) is 25.6 Å². The van der Waals surface area contributed by atoms with Gasteiger partial charge in [0.1, 0.15) is 5.75 Å². The summed E-state index contributed by atoms with van der Waals surface area (Å²) in [4.78, 5) is 15.6. The summed E-state index contributed by atoms with van der Waals surface area (Å²) in [6.45, 7) is 4.65. The number of aromatic nitrogens is 5. The monoisotopic (exact) mass is 419 g/mol. The zero-order valence-corrected chi connectivity index (χ0v) is 17.3. The average molecular weight is 419 g/mol. The molecule has 2 aromatic carbocycles. The first-order valence-electron chi connectivity index (χ1n) is 10.1. The van der Waals surface area contributed by atoms with Crippen molar-refractivity contribution in [3.63, 3.8) is 0 Å². The Kier molecular flexibility index (Phi) is 5.88. The molecule has 0 aliphatic heterocycles. The van der Waals surface area contributed by atoms with Gasteiger partial charge in [-0.1, -0.05) is 43.2 Å². The van der Waals surface area contributed by atoms with Crippen LogP contribution in [-0.4, -0.2) is 32.2 Å². The maximum Gasteiger partial charge on any atom is 0.260 e. The molecule has 0 spiro atoms. The first-order valence-corrected chi connectivity index (χ1v) is 10.1. The fraction of sp³-hybridized carbons (Fsp3) is 0.217. The van der Waals surface area contributed by atoms with E-state index < -0.39 is 11.4 Å². The third-order valence-electron chi connectivity index (χ3n) is 4.97. The van der Waals surface area contributed by atoms with Gasteiger partial charge in [0.05, 0.1) is 17.9 Å². The molecule has 8 heteroatoms. The molecular weight excluding hydrogens is 397 g/mol. The van der Waals surface area contributed by atoms with Crippen LogP contribution in [0.25, 0.3) is 33.8 Å². The Morgan fingerprint density at radius 3 is 2.35 bits per heavy atom. The number of ether oxygens (including phenoxy) is 1. The quantitative estimate of drug-likeness (QED) is 0.430. The number of unbranched alkanes of at least 4 members (excludes halogenated alkanes) is 1. The molecular formula is C23H22FN5O2. The Morgan fingerprint density at radius 2 is 1.71 bits per heavy atom. The smallest absolute Gasteiger partial charge is 0.260 e. The van der Waals surface area contributed by atoms with Gasteiger partial charge in [-0.15, -0.1) is 10.2 Å². The van der Waals surface area contributed by atoms with Crippen molar-refractivity contribution in [2.75, 3.05) is 6.61 Å². The standard InChI is InChI=1S/C23H22FN5O2/c1-3-4-13-31-17-11-9-16(10-12-17)21-20(24)18(15-7-5-14(2)6-8-15)19(23(30)25-21)22-26-28-29-27-22/h5-12H,3-4,13H2,1-2H3,(H,25,30)(H,26,27,28,29). The van der Waals surface area contributed by atoms with E-state index in [4.69, 9.17) is 4.74 Å². The Balaban J connectivity index is 1.84. The molecule has 0 bridgehead atoms. The van der Waals surface area contributed by atoms with Crippen LogP contribution in [0.4, 0.5) is 4.39 Å². The highest BCUT2D eigenvalue weighted by Gasteiger charge is 2.24. The van der Waals surface area contributed by atoms with Gasteiger partial charge in [-0.3, -0.25) is 4.79 Å². The minimum absolute atomic E-state index is 0.0263. The summed E-state index contributed by atoms with van der Waals surface area (Å²) in [5.41, 5.74) is 1.85. The number of benzene rings is 2. The topological polar surface area (TPSA) is 96.5 Å². The van der Waals surface area contributed by atoms with Crippen LogP contribution in [0.15, 0.2) is 53.3 Å². The van der Waals surface area contributed by atoms with Crippen molar-refractivity contribution in [3.8, 4) is 39.5 Å². The zero-order valence-electron chi connectivity index (χ0n) is 17.3. The first-order chi connectivity index (χ1) is 15.1.